The van der Waals surface area contributed by atoms with E-state index < -0.39 is 11.4 Å². The SMILES string of the molecule is CCn1c(=O)nc(C=O)n(PC)c1=O. The van der Waals surface area contributed by atoms with Gasteiger partial charge in [-0.1, -0.05) is 0 Å². The largest absolute Gasteiger partial charge is 0.353 e. The normalized spacial score (nSPS) is 11.0. The van der Waals surface area contributed by atoms with Crippen LogP contribution in [0.15, 0.2) is 9.59 Å². The fraction of sp³-hybridized carbons (Fsp3) is 0.429. The number of hydrogen-bond acceptors (Lipinski definition) is 4. The standard InChI is InChI=1S/C7H10N3O3P/c1-3-9-6(12)8-5(4-11)10(14-2)7(9)13/h4,14H,3H2,1-2H3. The zero-order valence-electron chi connectivity index (χ0n) is 7.85. The molecule has 0 saturated heterocycles. The summed E-state index contributed by atoms with van der Waals surface area (Å²) in [5, 5.41) is 0. The van der Waals surface area contributed by atoms with Gasteiger partial charge >= 0.3 is 11.4 Å². The van der Waals surface area contributed by atoms with Crippen LogP contribution in [0.2, 0.25) is 0 Å². The van der Waals surface area contributed by atoms with E-state index in [1.54, 1.807) is 13.6 Å². The van der Waals surface area contributed by atoms with Gasteiger partial charge in [-0.05, 0) is 22.3 Å². The van der Waals surface area contributed by atoms with Gasteiger partial charge in [0.1, 0.15) is 0 Å². The number of aldehydes is 1. The van der Waals surface area contributed by atoms with E-state index in [2.05, 4.69) is 4.98 Å². The van der Waals surface area contributed by atoms with E-state index in [4.69, 9.17) is 0 Å². The first-order valence-electron chi connectivity index (χ1n) is 4.02. The molecule has 0 saturated carbocycles. The van der Waals surface area contributed by atoms with E-state index in [-0.39, 0.29) is 21.1 Å². The molecule has 0 aliphatic carbocycles. The van der Waals surface area contributed by atoms with Crippen LogP contribution in [0.25, 0.3) is 0 Å². The highest BCUT2D eigenvalue weighted by molar-refractivity contribution is 7.35. The minimum Gasteiger partial charge on any atom is -0.294 e. The topological polar surface area (TPSA) is 74.0 Å². The molecular weight excluding hydrogens is 205 g/mol. The highest BCUT2D eigenvalue weighted by Crippen LogP contribution is 2.04. The Kier molecular flexibility index (Phi) is 3.30. The lowest BCUT2D eigenvalue weighted by Gasteiger charge is -2.06. The Bertz CT molecular complexity index is 462. The molecule has 1 aromatic heterocycles. The highest BCUT2D eigenvalue weighted by Gasteiger charge is 2.09. The Labute approximate surface area is 81.4 Å². The number of nitrogens with zero attached hydrogens (tertiary/aromatic N) is 3. The lowest BCUT2D eigenvalue weighted by Crippen LogP contribution is -2.40. The molecule has 6 nitrogen and oxygen atoms in total. The Morgan fingerprint density at radius 2 is 2.14 bits per heavy atom. The fourth-order valence-corrected chi connectivity index (χ4v) is 1.71. The lowest BCUT2D eigenvalue weighted by molar-refractivity contribution is 0.111. The second-order valence-electron chi connectivity index (χ2n) is 2.46. The molecule has 0 radical (unpaired) electrons. The van der Waals surface area contributed by atoms with E-state index in [0.717, 1.165) is 4.57 Å². The van der Waals surface area contributed by atoms with Gasteiger partial charge in [-0.15, -0.1) is 0 Å². The molecule has 1 heterocycles. The van der Waals surface area contributed by atoms with E-state index in [1.165, 1.54) is 4.34 Å². The first-order valence-corrected chi connectivity index (χ1v) is 5.47. The molecule has 7 heteroatoms. The third kappa shape index (κ3) is 1.65. The zero-order chi connectivity index (χ0) is 10.7. The van der Waals surface area contributed by atoms with E-state index >= 15 is 0 Å². The maximum atomic E-state index is 11.6. The molecule has 14 heavy (non-hydrogen) atoms. The van der Waals surface area contributed by atoms with Crippen molar-refractivity contribution in [3.05, 3.63) is 26.8 Å². The van der Waals surface area contributed by atoms with Crippen LogP contribution >= 0.6 is 8.73 Å². The molecule has 1 atom stereocenters. The molecule has 0 bridgehead atoms. The van der Waals surface area contributed by atoms with Crippen molar-refractivity contribution < 1.29 is 4.79 Å². The molecule has 76 valence electrons. The van der Waals surface area contributed by atoms with Gasteiger partial charge in [0.25, 0.3) is 0 Å². The number of aromatic nitrogens is 3. The van der Waals surface area contributed by atoms with Crippen LogP contribution in [0.4, 0.5) is 0 Å². The maximum Gasteiger partial charge on any atom is 0.353 e. The van der Waals surface area contributed by atoms with Crippen LogP contribution < -0.4 is 11.4 Å². The van der Waals surface area contributed by atoms with Crippen LogP contribution in [0.5, 0.6) is 0 Å². The molecule has 0 fully saturated rings. The van der Waals surface area contributed by atoms with Crippen LogP contribution in [0.1, 0.15) is 17.5 Å². The maximum absolute atomic E-state index is 11.6. The van der Waals surface area contributed by atoms with Crippen LogP contribution in [0, 0.1) is 0 Å². The van der Waals surface area contributed by atoms with Crippen LogP contribution in [-0.2, 0) is 6.54 Å². The highest BCUT2D eigenvalue weighted by atomic mass is 31.1. The van der Waals surface area contributed by atoms with Gasteiger partial charge in [0.15, 0.2) is 12.1 Å². The molecule has 0 amide bonds. The number of rotatable bonds is 3. The summed E-state index contributed by atoms with van der Waals surface area (Å²) in [4.78, 5) is 36.8. The van der Waals surface area contributed by atoms with Crippen molar-refractivity contribution in [2.24, 2.45) is 0 Å². The average molecular weight is 215 g/mol. The van der Waals surface area contributed by atoms with Crippen molar-refractivity contribution in [2.45, 2.75) is 13.5 Å². The van der Waals surface area contributed by atoms with Crippen molar-refractivity contribution in [1.82, 2.24) is 13.9 Å². The molecule has 0 N–H and O–H groups in total. The first kappa shape index (κ1) is 10.8. The molecule has 1 unspecified atom stereocenters. The monoisotopic (exact) mass is 215 g/mol. The molecule has 0 spiro atoms. The van der Waals surface area contributed by atoms with Crippen LogP contribution in [-0.4, -0.2) is 26.8 Å². The molecule has 1 aromatic rings. The summed E-state index contributed by atoms with van der Waals surface area (Å²) in [6.07, 6.45) is 0.416. The van der Waals surface area contributed by atoms with Crippen molar-refractivity contribution in [2.75, 3.05) is 6.66 Å². The van der Waals surface area contributed by atoms with Gasteiger partial charge < -0.3 is 0 Å². The third-order valence-corrected chi connectivity index (χ3v) is 2.61. The molecule has 0 aliphatic heterocycles. The Morgan fingerprint density at radius 1 is 1.50 bits per heavy atom. The van der Waals surface area contributed by atoms with Crippen molar-refractivity contribution in [3.63, 3.8) is 0 Å². The Morgan fingerprint density at radius 3 is 2.57 bits per heavy atom. The first-order chi connectivity index (χ1) is 6.65. The fourth-order valence-electron chi connectivity index (χ4n) is 1.07. The van der Waals surface area contributed by atoms with Crippen molar-refractivity contribution >= 4 is 15.0 Å². The van der Waals surface area contributed by atoms with Gasteiger partial charge in [-0.2, -0.15) is 4.98 Å². The summed E-state index contributed by atoms with van der Waals surface area (Å²) in [6, 6.07) is 0. The molecule has 0 aliphatic rings. The van der Waals surface area contributed by atoms with Crippen molar-refractivity contribution in [1.29, 1.82) is 0 Å². The second-order valence-corrected chi connectivity index (χ2v) is 3.35. The summed E-state index contributed by atoms with van der Waals surface area (Å²) in [6.45, 7) is 3.67. The summed E-state index contributed by atoms with van der Waals surface area (Å²) < 4.78 is 2.18. The predicted molar refractivity (Wildman–Crippen MR) is 53.5 cm³/mol. The Balaban J connectivity index is 3.64. The average Bonchev–Trinajstić information content (AvgIpc) is 2.17. The van der Waals surface area contributed by atoms with Gasteiger partial charge in [0.2, 0.25) is 0 Å². The lowest BCUT2D eigenvalue weighted by atomic mass is 10.6. The summed E-state index contributed by atoms with van der Waals surface area (Å²) in [7, 11) is 0.0810. The third-order valence-electron chi connectivity index (χ3n) is 1.74. The van der Waals surface area contributed by atoms with Crippen molar-refractivity contribution in [3.8, 4) is 0 Å². The minimum atomic E-state index is -0.672. The Hall–Kier alpha value is -1.29. The van der Waals surface area contributed by atoms with Gasteiger partial charge in [-0.3, -0.25) is 9.13 Å². The van der Waals surface area contributed by atoms with Gasteiger partial charge in [-0.25, -0.2) is 14.2 Å². The smallest absolute Gasteiger partial charge is 0.294 e. The molecule has 1 rings (SSSR count). The predicted octanol–water partition coefficient (Wildman–Crippen LogP) is -0.691. The second kappa shape index (κ2) is 4.28. The summed E-state index contributed by atoms with van der Waals surface area (Å²) >= 11 is 0. The number of carbonyl (C=O) groups excluding carboxylic acids is 1. The van der Waals surface area contributed by atoms with Gasteiger partial charge in [0, 0.05) is 6.54 Å². The number of carbonyl (C=O) groups is 1. The molecule has 0 aromatic carbocycles. The van der Waals surface area contributed by atoms with E-state index in [9.17, 15) is 14.4 Å². The molecular formula is C7H10N3O3P. The van der Waals surface area contributed by atoms with Crippen LogP contribution in [0.3, 0.4) is 0 Å². The summed E-state index contributed by atoms with van der Waals surface area (Å²) in [5.41, 5.74) is -1.15. The quantitative estimate of drug-likeness (QED) is 0.494. The zero-order valence-corrected chi connectivity index (χ0v) is 8.85. The van der Waals surface area contributed by atoms with E-state index in [0.29, 0.717) is 6.29 Å². The minimum absolute atomic E-state index is 0.0810. The van der Waals surface area contributed by atoms with E-state index in [1.807, 2.05) is 0 Å². The summed E-state index contributed by atoms with van der Waals surface area (Å²) in [5.74, 6) is -0.106. The van der Waals surface area contributed by atoms with Gasteiger partial charge in [0.05, 0.1) is 0 Å². The number of hydrogen-bond donors (Lipinski definition) is 0.